The Kier molecular flexibility index (Phi) is 4.64. The van der Waals surface area contributed by atoms with Crippen molar-refractivity contribution in [1.82, 2.24) is 5.16 Å². The van der Waals surface area contributed by atoms with Gasteiger partial charge < -0.3 is 14.7 Å². The van der Waals surface area contributed by atoms with Gasteiger partial charge in [-0.25, -0.2) is 0 Å². The van der Waals surface area contributed by atoms with Crippen molar-refractivity contribution in [3.05, 3.63) is 46.8 Å². The quantitative estimate of drug-likeness (QED) is 0.650. The molecule has 6 nitrogen and oxygen atoms in total. The first kappa shape index (κ1) is 16.2. The summed E-state index contributed by atoms with van der Waals surface area (Å²) in [7, 11) is 0. The van der Waals surface area contributed by atoms with Gasteiger partial charge >= 0.3 is 0 Å². The number of nitrogens with zero attached hydrogens (tertiary/aromatic N) is 2. The normalized spacial score (nSPS) is 14.5. The average Bonchev–Trinajstić information content (AvgIpc) is 3.37. The largest absolute Gasteiger partial charge is 0.390 e. The van der Waals surface area contributed by atoms with Gasteiger partial charge in [0.25, 0.3) is 0 Å². The number of nitrogens with one attached hydrogen (secondary N) is 1. The fraction of sp³-hybridized carbons (Fsp3) is 0.389. The van der Waals surface area contributed by atoms with Crippen LogP contribution in [0.15, 0.2) is 33.9 Å². The third-order valence-corrected chi connectivity index (χ3v) is 4.11. The number of carbonyl (C=O) groups is 1. The summed E-state index contributed by atoms with van der Waals surface area (Å²) in [4.78, 5) is 17.1. The molecule has 0 atom stereocenters. The third-order valence-electron chi connectivity index (χ3n) is 4.11. The number of amides is 1. The van der Waals surface area contributed by atoms with Gasteiger partial charge in [0.1, 0.15) is 12.4 Å². The molecule has 1 N–H and O–H groups in total. The number of aromatic nitrogens is 1. The molecule has 0 unspecified atom stereocenters. The summed E-state index contributed by atoms with van der Waals surface area (Å²) >= 11 is 0. The van der Waals surface area contributed by atoms with Crippen molar-refractivity contribution >= 4 is 17.3 Å². The molecule has 1 heterocycles. The van der Waals surface area contributed by atoms with Crippen LogP contribution in [0.3, 0.4) is 0 Å². The minimum Gasteiger partial charge on any atom is -0.390 e. The third kappa shape index (κ3) is 3.82. The minimum atomic E-state index is 0.107. The van der Waals surface area contributed by atoms with Crippen LogP contribution in [0.4, 0.5) is 5.69 Å². The summed E-state index contributed by atoms with van der Waals surface area (Å²) in [6.45, 7) is 5.93. The van der Waals surface area contributed by atoms with Gasteiger partial charge in [-0.15, -0.1) is 0 Å². The molecule has 0 radical (unpaired) electrons. The number of hydrogen-bond acceptors (Lipinski definition) is 5. The highest BCUT2D eigenvalue weighted by Gasteiger charge is 2.29. The number of anilines is 1. The van der Waals surface area contributed by atoms with Crippen molar-refractivity contribution in [2.75, 3.05) is 5.32 Å². The molecule has 0 aliphatic heterocycles. The molecular weight excluding hydrogens is 306 g/mol. The van der Waals surface area contributed by atoms with Crippen LogP contribution in [0.5, 0.6) is 0 Å². The van der Waals surface area contributed by atoms with E-state index in [2.05, 4.69) is 15.6 Å². The summed E-state index contributed by atoms with van der Waals surface area (Å²) in [5.41, 5.74) is 4.25. The van der Waals surface area contributed by atoms with Crippen LogP contribution in [0, 0.1) is 19.8 Å². The van der Waals surface area contributed by atoms with E-state index in [0.717, 1.165) is 46.8 Å². The number of rotatable bonds is 6. The molecule has 6 heteroatoms. The monoisotopic (exact) mass is 327 g/mol. The zero-order valence-electron chi connectivity index (χ0n) is 14.1. The van der Waals surface area contributed by atoms with Gasteiger partial charge in [0, 0.05) is 11.6 Å². The molecule has 1 aliphatic carbocycles. The fourth-order valence-electron chi connectivity index (χ4n) is 2.34. The number of carbonyl (C=O) groups excluding carboxylic acids is 1. The van der Waals surface area contributed by atoms with E-state index in [9.17, 15) is 4.79 Å². The Bertz CT molecular complexity index is 739. The summed E-state index contributed by atoms with van der Waals surface area (Å²) < 4.78 is 5.09. The van der Waals surface area contributed by atoms with Gasteiger partial charge in [-0.3, -0.25) is 4.79 Å². The molecule has 2 aromatic rings. The van der Waals surface area contributed by atoms with Crippen LogP contribution in [-0.2, 0) is 16.2 Å². The second-order valence-electron chi connectivity index (χ2n) is 6.09. The second kappa shape index (κ2) is 6.86. The topological polar surface area (TPSA) is 76.7 Å². The second-order valence-corrected chi connectivity index (χ2v) is 6.09. The first-order valence-corrected chi connectivity index (χ1v) is 8.04. The molecule has 1 amide bonds. The summed E-state index contributed by atoms with van der Waals surface area (Å²) in [6, 6.07) is 7.59. The molecule has 1 aromatic heterocycles. The first-order valence-electron chi connectivity index (χ1n) is 8.04. The van der Waals surface area contributed by atoms with Gasteiger partial charge in [0.15, 0.2) is 0 Å². The summed E-state index contributed by atoms with van der Waals surface area (Å²) in [6.07, 6.45) is 2.00. The van der Waals surface area contributed by atoms with Gasteiger partial charge in [-0.05, 0) is 51.3 Å². The van der Waals surface area contributed by atoms with Crippen molar-refractivity contribution in [2.24, 2.45) is 11.1 Å². The molecule has 3 rings (SSSR count). The lowest BCUT2D eigenvalue weighted by Gasteiger charge is -2.06. The Morgan fingerprint density at radius 3 is 2.62 bits per heavy atom. The molecule has 126 valence electrons. The van der Waals surface area contributed by atoms with E-state index in [1.165, 1.54) is 0 Å². The van der Waals surface area contributed by atoms with Crippen LogP contribution < -0.4 is 5.32 Å². The molecule has 0 spiro atoms. The molecule has 0 saturated heterocycles. The van der Waals surface area contributed by atoms with Crippen molar-refractivity contribution in [3.8, 4) is 0 Å². The Morgan fingerprint density at radius 1 is 1.33 bits per heavy atom. The van der Waals surface area contributed by atoms with Crippen LogP contribution in [0.2, 0.25) is 0 Å². The van der Waals surface area contributed by atoms with Gasteiger partial charge in [-0.1, -0.05) is 22.4 Å². The lowest BCUT2D eigenvalue weighted by Crippen LogP contribution is -2.13. The maximum Gasteiger partial charge on any atom is 0.227 e. The standard InChI is InChI=1S/C18H21N3O3/c1-11(20-23-10-17-12(2)21-24-13(17)3)14-6-8-16(9-7-14)19-18(22)15-4-5-15/h6-9,15H,4-5,10H2,1-3H3,(H,19,22)/b20-11+. The van der Waals surface area contributed by atoms with E-state index in [1.54, 1.807) is 0 Å². The average molecular weight is 327 g/mol. The molecule has 1 aliphatic rings. The fourth-order valence-corrected chi connectivity index (χ4v) is 2.34. The summed E-state index contributed by atoms with van der Waals surface area (Å²) in [5.74, 6) is 1.05. The van der Waals surface area contributed by atoms with Crippen molar-refractivity contribution in [2.45, 2.75) is 40.2 Å². The van der Waals surface area contributed by atoms with Crippen LogP contribution >= 0.6 is 0 Å². The van der Waals surface area contributed by atoms with E-state index in [-0.39, 0.29) is 11.8 Å². The highest BCUT2D eigenvalue weighted by molar-refractivity contribution is 5.99. The molecule has 1 fully saturated rings. The first-order chi connectivity index (χ1) is 11.5. The number of benzene rings is 1. The van der Waals surface area contributed by atoms with Gasteiger partial charge in [0.2, 0.25) is 5.91 Å². The number of hydrogen-bond donors (Lipinski definition) is 1. The van der Waals surface area contributed by atoms with E-state index in [1.807, 2.05) is 45.0 Å². The van der Waals surface area contributed by atoms with Crippen LogP contribution in [0.25, 0.3) is 0 Å². The van der Waals surface area contributed by atoms with E-state index >= 15 is 0 Å². The van der Waals surface area contributed by atoms with Crippen molar-refractivity contribution in [3.63, 3.8) is 0 Å². The maximum absolute atomic E-state index is 11.7. The smallest absolute Gasteiger partial charge is 0.227 e. The zero-order valence-corrected chi connectivity index (χ0v) is 14.1. The summed E-state index contributed by atoms with van der Waals surface area (Å²) in [5, 5.41) is 10.9. The molecule has 1 aromatic carbocycles. The highest BCUT2D eigenvalue weighted by atomic mass is 16.6. The molecule has 1 saturated carbocycles. The Morgan fingerprint density at radius 2 is 2.04 bits per heavy atom. The minimum absolute atomic E-state index is 0.107. The Balaban J connectivity index is 1.57. The Hall–Kier alpha value is -2.63. The predicted octanol–water partition coefficient (Wildman–Crippen LogP) is 3.58. The van der Waals surface area contributed by atoms with Crippen LogP contribution in [0.1, 0.15) is 42.3 Å². The molecular formula is C18H21N3O3. The number of oxime groups is 1. The van der Waals surface area contributed by atoms with E-state index in [4.69, 9.17) is 9.36 Å². The lowest BCUT2D eigenvalue weighted by molar-refractivity contribution is -0.117. The Labute approximate surface area is 140 Å². The lowest BCUT2D eigenvalue weighted by atomic mass is 10.1. The van der Waals surface area contributed by atoms with Gasteiger partial charge in [0.05, 0.1) is 17.0 Å². The SMILES string of the molecule is C/C(=N\OCc1c(C)noc1C)c1ccc(NC(=O)C2CC2)cc1. The van der Waals surface area contributed by atoms with Crippen molar-refractivity contribution in [1.29, 1.82) is 0 Å². The molecule has 24 heavy (non-hydrogen) atoms. The predicted molar refractivity (Wildman–Crippen MR) is 90.8 cm³/mol. The molecule has 0 bridgehead atoms. The number of aryl methyl sites for hydroxylation is 2. The van der Waals surface area contributed by atoms with E-state index in [0.29, 0.717) is 6.61 Å². The highest BCUT2D eigenvalue weighted by Crippen LogP contribution is 2.30. The van der Waals surface area contributed by atoms with Gasteiger partial charge in [-0.2, -0.15) is 0 Å². The van der Waals surface area contributed by atoms with Crippen LogP contribution in [-0.4, -0.2) is 16.8 Å². The van der Waals surface area contributed by atoms with E-state index < -0.39 is 0 Å². The maximum atomic E-state index is 11.7. The van der Waals surface area contributed by atoms with Crippen molar-refractivity contribution < 1.29 is 14.2 Å². The zero-order chi connectivity index (χ0) is 17.1.